The van der Waals surface area contributed by atoms with Gasteiger partial charge in [0.15, 0.2) is 5.65 Å². The van der Waals surface area contributed by atoms with Gasteiger partial charge in [-0.05, 0) is 30.7 Å². The number of aryl methyl sites for hydroxylation is 1. The molecule has 0 radical (unpaired) electrons. The highest BCUT2D eigenvalue weighted by molar-refractivity contribution is 7.19. The van der Waals surface area contributed by atoms with Crippen molar-refractivity contribution >= 4 is 33.1 Å². The van der Waals surface area contributed by atoms with Crippen LogP contribution in [-0.4, -0.2) is 56.6 Å². The van der Waals surface area contributed by atoms with Crippen molar-refractivity contribution in [2.75, 3.05) is 26.2 Å². The van der Waals surface area contributed by atoms with Gasteiger partial charge in [0, 0.05) is 31.1 Å². The van der Waals surface area contributed by atoms with E-state index in [-0.39, 0.29) is 11.7 Å². The maximum absolute atomic E-state index is 12.7. The minimum atomic E-state index is -0.0875. The molecule has 3 aromatic heterocycles. The van der Waals surface area contributed by atoms with E-state index in [9.17, 15) is 4.79 Å². The van der Waals surface area contributed by atoms with E-state index in [4.69, 9.17) is 0 Å². The molecular weight excluding hydrogens is 336 g/mol. The Morgan fingerprint density at radius 2 is 2.20 bits per heavy atom. The molecule has 2 aliphatic rings. The summed E-state index contributed by atoms with van der Waals surface area (Å²) in [4.78, 5) is 26.2. The van der Waals surface area contributed by atoms with Crippen molar-refractivity contribution in [3.63, 3.8) is 0 Å². The van der Waals surface area contributed by atoms with Crippen molar-refractivity contribution in [1.29, 1.82) is 0 Å². The minimum absolute atomic E-state index is 0.0875. The van der Waals surface area contributed by atoms with E-state index in [0.29, 0.717) is 19.0 Å². The van der Waals surface area contributed by atoms with E-state index in [1.807, 2.05) is 4.90 Å². The molecule has 1 N–H and O–H groups in total. The summed E-state index contributed by atoms with van der Waals surface area (Å²) < 4.78 is 1.67. The molecule has 1 unspecified atom stereocenters. The Hall–Kier alpha value is -2.06. The van der Waals surface area contributed by atoms with Gasteiger partial charge in [0.05, 0.1) is 5.39 Å². The van der Waals surface area contributed by atoms with Crippen LogP contribution in [0.1, 0.15) is 46.7 Å². The molecule has 130 valence electrons. The number of hydrogen-bond acceptors (Lipinski definition) is 6. The molecule has 3 aromatic rings. The van der Waals surface area contributed by atoms with Crippen molar-refractivity contribution in [3.05, 3.63) is 22.6 Å². The van der Waals surface area contributed by atoms with Crippen molar-refractivity contribution in [1.82, 2.24) is 29.8 Å². The number of carbonyl (C=O) groups is 1. The summed E-state index contributed by atoms with van der Waals surface area (Å²) in [6, 6.07) is 0. The number of rotatable bonds is 1. The maximum atomic E-state index is 12.7. The standard InChI is InChI=1S/C17H20N6OS/c1-10-3-2-4-11-12(10)13-15-20-14(17(24)22-7-5-18-6-8-22)21-23(15)9-19-16(13)25-11/h9-10,18H,2-8H2,1H3. The average Bonchev–Trinajstić information content (AvgIpc) is 3.23. The minimum Gasteiger partial charge on any atom is -0.333 e. The second-order valence-electron chi connectivity index (χ2n) is 6.90. The lowest BCUT2D eigenvalue weighted by molar-refractivity contribution is 0.0723. The van der Waals surface area contributed by atoms with E-state index in [1.54, 1.807) is 22.2 Å². The number of thiophene rings is 1. The Morgan fingerprint density at radius 3 is 3.04 bits per heavy atom. The van der Waals surface area contributed by atoms with Crippen LogP contribution in [0.2, 0.25) is 0 Å². The van der Waals surface area contributed by atoms with E-state index < -0.39 is 0 Å². The summed E-state index contributed by atoms with van der Waals surface area (Å²) in [6.07, 6.45) is 5.23. The number of nitrogens with one attached hydrogen (secondary N) is 1. The lowest BCUT2D eigenvalue weighted by Crippen LogP contribution is -2.46. The fourth-order valence-corrected chi connectivity index (χ4v) is 5.28. The third-order valence-electron chi connectivity index (χ3n) is 5.27. The third kappa shape index (κ3) is 2.35. The van der Waals surface area contributed by atoms with Gasteiger partial charge in [-0.2, -0.15) is 0 Å². The number of hydrogen-bond donors (Lipinski definition) is 1. The molecule has 0 bridgehead atoms. The van der Waals surface area contributed by atoms with E-state index in [2.05, 4.69) is 27.3 Å². The molecule has 0 aromatic carbocycles. The SMILES string of the molecule is CC1CCCc2sc3ncn4nc(C(=O)N5CCNCC5)nc4c3c21. The monoisotopic (exact) mass is 356 g/mol. The van der Waals surface area contributed by atoms with Crippen LogP contribution < -0.4 is 5.32 Å². The Bertz CT molecular complexity index is 970. The Balaban J connectivity index is 1.65. The Labute approximate surface area is 149 Å². The summed E-state index contributed by atoms with van der Waals surface area (Å²) in [5, 5.41) is 8.79. The van der Waals surface area contributed by atoms with Crippen LogP contribution in [0.4, 0.5) is 0 Å². The molecule has 5 rings (SSSR count). The molecular formula is C17H20N6OS. The zero-order valence-corrected chi connectivity index (χ0v) is 15.0. The molecule has 25 heavy (non-hydrogen) atoms. The van der Waals surface area contributed by atoms with E-state index in [1.165, 1.54) is 23.3 Å². The molecule has 4 heterocycles. The van der Waals surface area contributed by atoms with Gasteiger partial charge in [0.2, 0.25) is 5.82 Å². The number of nitrogens with zero attached hydrogens (tertiary/aromatic N) is 5. The van der Waals surface area contributed by atoms with Gasteiger partial charge < -0.3 is 10.2 Å². The molecule has 1 atom stereocenters. The average molecular weight is 356 g/mol. The molecule has 0 spiro atoms. The molecule has 0 saturated carbocycles. The highest BCUT2D eigenvalue weighted by atomic mass is 32.1. The van der Waals surface area contributed by atoms with Gasteiger partial charge >= 0.3 is 0 Å². The van der Waals surface area contributed by atoms with Gasteiger partial charge in [-0.15, -0.1) is 16.4 Å². The predicted molar refractivity (Wildman–Crippen MR) is 96.3 cm³/mol. The van der Waals surface area contributed by atoms with Crippen LogP contribution >= 0.6 is 11.3 Å². The summed E-state index contributed by atoms with van der Waals surface area (Å²) in [5.74, 6) is 0.699. The smallest absolute Gasteiger partial charge is 0.293 e. The fraction of sp³-hybridized carbons (Fsp3) is 0.529. The number of amides is 1. The summed E-state index contributed by atoms with van der Waals surface area (Å²) >= 11 is 1.77. The lowest BCUT2D eigenvalue weighted by Gasteiger charge is -2.26. The summed E-state index contributed by atoms with van der Waals surface area (Å²) in [6.45, 7) is 5.32. The van der Waals surface area contributed by atoms with Gasteiger partial charge in [-0.1, -0.05) is 6.92 Å². The Kier molecular flexibility index (Phi) is 3.49. The Morgan fingerprint density at radius 1 is 1.36 bits per heavy atom. The zero-order valence-electron chi connectivity index (χ0n) is 14.2. The summed E-state index contributed by atoms with van der Waals surface area (Å²) in [5.41, 5.74) is 2.15. The number of fused-ring (bicyclic) bond motifs is 5. The van der Waals surface area contributed by atoms with Crippen LogP contribution in [0, 0.1) is 0 Å². The van der Waals surface area contributed by atoms with Crippen LogP contribution in [0.25, 0.3) is 15.9 Å². The van der Waals surface area contributed by atoms with Crippen LogP contribution in [-0.2, 0) is 6.42 Å². The van der Waals surface area contributed by atoms with Crippen molar-refractivity contribution < 1.29 is 4.79 Å². The normalized spacial score (nSPS) is 21.0. The first-order valence-corrected chi connectivity index (χ1v) is 9.70. The largest absolute Gasteiger partial charge is 0.333 e. The molecule has 1 aliphatic heterocycles. The first-order chi connectivity index (χ1) is 12.2. The second kappa shape index (κ2) is 5.74. The highest BCUT2D eigenvalue weighted by Crippen LogP contribution is 2.42. The topological polar surface area (TPSA) is 75.4 Å². The van der Waals surface area contributed by atoms with Gasteiger partial charge in [0.1, 0.15) is 11.2 Å². The van der Waals surface area contributed by atoms with Crippen LogP contribution in [0.15, 0.2) is 6.33 Å². The molecule has 1 amide bonds. The quantitative estimate of drug-likeness (QED) is 0.720. The number of carbonyl (C=O) groups excluding carboxylic acids is 1. The molecule has 1 aliphatic carbocycles. The van der Waals surface area contributed by atoms with Gasteiger partial charge in [-0.3, -0.25) is 4.79 Å². The van der Waals surface area contributed by atoms with Crippen molar-refractivity contribution in [2.24, 2.45) is 0 Å². The molecule has 8 heteroatoms. The van der Waals surface area contributed by atoms with Gasteiger partial charge in [0.25, 0.3) is 5.91 Å². The fourth-order valence-electron chi connectivity index (χ4n) is 3.99. The molecule has 1 fully saturated rings. The maximum Gasteiger partial charge on any atom is 0.293 e. The number of aromatic nitrogens is 4. The van der Waals surface area contributed by atoms with Crippen molar-refractivity contribution in [2.45, 2.75) is 32.1 Å². The van der Waals surface area contributed by atoms with Crippen LogP contribution in [0.5, 0.6) is 0 Å². The first kappa shape index (κ1) is 15.2. The highest BCUT2D eigenvalue weighted by Gasteiger charge is 2.27. The zero-order chi connectivity index (χ0) is 17.0. The first-order valence-electron chi connectivity index (χ1n) is 8.89. The second-order valence-corrected chi connectivity index (χ2v) is 7.99. The molecule has 1 saturated heterocycles. The van der Waals surface area contributed by atoms with Gasteiger partial charge in [-0.25, -0.2) is 14.5 Å². The van der Waals surface area contributed by atoms with Crippen LogP contribution in [0.3, 0.4) is 0 Å². The van der Waals surface area contributed by atoms with Crippen molar-refractivity contribution in [3.8, 4) is 0 Å². The van der Waals surface area contributed by atoms with E-state index >= 15 is 0 Å². The lowest BCUT2D eigenvalue weighted by atomic mass is 9.87. The number of piperazine rings is 1. The summed E-state index contributed by atoms with van der Waals surface area (Å²) in [7, 11) is 0. The molecule has 7 nitrogen and oxygen atoms in total. The predicted octanol–water partition coefficient (Wildman–Crippen LogP) is 1.82. The van der Waals surface area contributed by atoms with E-state index in [0.717, 1.165) is 35.4 Å². The third-order valence-corrected chi connectivity index (χ3v) is 6.45.